The molecular weight excluding hydrogens is 416 g/mol. The van der Waals surface area contributed by atoms with E-state index in [1.807, 2.05) is 54.3 Å². The molecule has 1 aliphatic heterocycles. The van der Waals surface area contributed by atoms with E-state index in [-0.39, 0.29) is 29.7 Å². The van der Waals surface area contributed by atoms with Gasteiger partial charge >= 0.3 is 6.03 Å². The third-order valence-electron chi connectivity index (χ3n) is 6.42. The fourth-order valence-electron chi connectivity index (χ4n) is 4.31. The van der Waals surface area contributed by atoms with Crippen LogP contribution in [0.4, 0.5) is 16.2 Å². The van der Waals surface area contributed by atoms with E-state index >= 15 is 0 Å². The number of likely N-dealkylation sites (tertiary alicyclic amines) is 1. The van der Waals surface area contributed by atoms with Gasteiger partial charge in [-0.25, -0.2) is 4.79 Å². The molecule has 2 aromatic rings. The van der Waals surface area contributed by atoms with E-state index in [4.69, 9.17) is 0 Å². The summed E-state index contributed by atoms with van der Waals surface area (Å²) >= 11 is 0. The number of amides is 4. The van der Waals surface area contributed by atoms with E-state index in [0.29, 0.717) is 30.9 Å². The van der Waals surface area contributed by atoms with Gasteiger partial charge < -0.3 is 20.4 Å². The number of para-hydroxylation sites is 1. The van der Waals surface area contributed by atoms with Crippen LogP contribution < -0.4 is 15.5 Å². The first-order valence-corrected chi connectivity index (χ1v) is 11.7. The molecule has 1 saturated heterocycles. The Morgan fingerprint density at radius 2 is 1.76 bits per heavy atom. The molecule has 0 radical (unpaired) electrons. The topological polar surface area (TPSA) is 81.8 Å². The van der Waals surface area contributed by atoms with Crippen molar-refractivity contribution in [1.29, 1.82) is 0 Å². The SMILES string of the molecule is Cc1ccc(NC(=O)NCC2CCCN(C(=O)c3ccccc3N(C)C(=O)C3CC3)C2)cc1. The molecule has 33 heavy (non-hydrogen) atoms. The quantitative estimate of drug-likeness (QED) is 0.700. The Balaban J connectivity index is 1.34. The van der Waals surface area contributed by atoms with Crippen LogP contribution in [-0.4, -0.2) is 49.4 Å². The number of hydrogen-bond acceptors (Lipinski definition) is 3. The molecule has 4 rings (SSSR count). The second-order valence-electron chi connectivity index (χ2n) is 9.15. The number of nitrogens with zero attached hydrogens (tertiary/aromatic N) is 2. The normalized spacial score (nSPS) is 17.9. The van der Waals surface area contributed by atoms with Crippen molar-refractivity contribution in [3.8, 4) is 0 Å². The van der Waals surface area contributed by atoms with E-state index in [1.165, 1.54) is 0 Å². The van der Waals surface area contributed by atoms with Crippen molar-refractivity contribution in [3.05, 3.63) is 59.7 Å². The summed E-state index contributed by atoms with van der Waals surface area (Å²) in [5, 5.41) is 5.78. The second kappa shape index (κ2) is 10.1. The van der Waals surface area contributed by atoms with E-state index in [2.05, 4.69) is 10.6 Å². The summed E-state index contributed by atoms with van der Waals surface area (Å²) in [5.74, 6) is 0.296. The van der Waals surface area contributed by atoms with Crippen molar-refractivity contribution < 1.29 is 14.4 Å². The van der Waals surface area contributed by atoms with Crippen LogP contribution in [0.25, 0.3) is 0 Å². The maximum absolute atomic E-state index is 13.4. The molecule has 2 N–H and O–H groups in total. The molecule has 7 nitrogen and oxygen atoms in total. The Kier molecular flexibility index (Phi) is 6.96. The summed E-state index contributed by atoms with van der Waals surface area (Å²) in [6.45, 7) is 3.77. The molecule has 7 heteroatoms. The second-order valence-corrected chi connectivity index (χ2v) is 9.15. The highest BCUT2D eigenvalue weighted by Crippen LogP contribution is 2.33. The lowest BCUT2D eigenvalue weighted by molar-refractivity contribution is -0.119. The Labute approximate surface area is 195 Å². The van der Waals surface area contributed by atoms with Crippen LogP contribution in [0.15, 0.2) is 48.5 Å². The summed E-state index contributed by atoms with van der Waals surface area (Å²) in [5.41, 5.74) is 3.11. The molecule has 1 unspecified atom stereocenters. The minimum Gasteiger partial charge on any atom is -0.338 e. The van der Waals surface area contributed by atoms with Gasteiger partial charge in [-0.05, 0) is 62.8 Å². The van der Waals surface area contributed by atoms with Crippen molar-refractivity contribution >= 4 is 29.2 Å². The maximum Gasteiger partial charge on any atom is 0.319 e. The van der Waals surface area contributed by atoms with Crippen LogP contribution in [0.1, 0.15) is 41.6 Å². The average molecular weight is 449 g/mol. The summed E-state index contributed by atoms with van der Waals surface area (Å²) < 4.78 is 0. The zero-order valence-electron chi connectivity index (χ0n) is 19.3. The number of benzene rings is 2. The lowest BCUT2D eigenvalue weighted by Crippen LogP contribution is -2.44. The number of nitrogens with one attached hydrogen (secondary N) is 2. The monoisotopic (exact) mass is 448 g/mol. The van der Waals surface area contributed by atoms with Gasteiger partial charge in [-0.15, -0.1) is 0 Å². The first-order valence-electron chi connectivity index (χ1n) is 11.7. The molecule has 0 aromatic heterocycles. The number of piperidine rings is 1. The highest BCUT2D eigenvalue weighted by molar-refractivity contribution is 6.05. The van der Waals surface area contributed by atoms with Crippen LogP contribution in [-0.2, 0) is 4.79 Å². The number of aryl methyl sites for hydroxylation is 1. The van der Waals surface area contributed by atoms with E-state index in [0.717, 1.165) is 36.9 Å². The van der Waals surface area contributed by atoms with E-state index in [9.17, 15) is 14.4 Å². The van der Waals surface area contributed by atoms with Crippen LogP contribution in [0.2, 0.25) is 0 Å². The molecule has 1 aliphatic carbocycles. The van der Waals surface area contributed by atoms with Crippen molar-refractivity contribution in [2.75, 3.05) is 36.9 Å². The van der Waals surface area contributed by atoms with E-state index in [1.54, 1.807) is 18.0 Å². The van der Waals surface area contributed by atoms with Gasteiger partial charge in [-0.1, -0.05) is 29.8 Å². The smallest absolute Gasteiger partial charge is 0.319 e. The maximum atomic E-state index is 13.4. The molecule has 174 valence electrons. The number of hydrogen-bond donors (Lipinski definition) is 2. The van der Waals surface area contributed by atoms with Gasteiger partial charge in [0.05, 0.1) is 11.3 Å². The third kappa shape index (κ3) is 5.72. The molecule has 2 aromatic carbocycles. The minimum absolute atomic E-state index is 0.0603. The third-order valence-corrected chi connectivity index (χ3v) is 6.42. The number of urea groups is 1. The van der Waals surface area contributed by atoms with Crippen LogP contribution in [0.5, 0.6) is 0 Å². The lowest BCUT2D eigenvalue weighted by atomic mass is 9.97. The fourth-order valence-corrected chi connectivity index (χ4v) is 4.31. The van der Waals surface area contributed by atoms with Gasteiger partial charge in [0.2, 0.25) is 5.91 Å². The number of carbonyl (C=O) groups excluding carboxylic acids is 3. The first kappa shape index (κ1) is 22.8. The Bertz CT molecular complexity index is 1020. The molecule has 1 heterocycles. The molecule has 0 spiro atoms. The van der Waals surface area contributed by atoms with Gasteiger partial charge in [0.25, 0.3) is 5.91 Å². The zero-order valence-corrected chi connectivity index (χ0v) is 19.3. The fraction of sp³-hybridized carbons (Fsp3) is 0.423. The molecule has 1 saturated carbocycles. The number of rotatable bonds is 6. The Morgan fingerprint density at radius 3 is 2.48 bits per heavy atom. The standard InChI is InChI=1S/C26H32N4O3/c1-18-9-13-21(14-10-18)28-26(33)27-16-19-6-5-15-30(17-19)25(32)22-7-3-4-8-23(22)29(2)24(31)20-11-12-20/h3-4,7-10,13-14,19-20H,5-6,11-12,15-17H2,1-2H3,(H2,27,28,33). The van der Waals surface area contributed by atoms with Crippen molar-refractivity contribution in [1.82, 2.24) is 10.2 Å². The van der Waals surface area contributed by atoms with Gasteiger partial charge in [0.15, 0.2) is 0 Å². The molecule has 1 atom stereocenters. The highest BCUT2D eigenvalue weighted by Gasteiger charge is 2.34. The van der Waals surface area contributed by atoms with Crippen LogP contribution in [0, 0.1) is 18.8 Å². The van der Waals surface area contributed by atoms with Gasteiger partial charge in [0, 0.05) is 38.3 Å². The predicted molar refractivity (Wildman–Crippen MR) is 129 cm³/mol. The molecule has 4 amide bonds. The minimum atomic E-state index is -0.243. The van der Waals surface area contributed by atoms with Crippen LogP contribution in [0.3, 0.4) is 0 Å². The highest BCUT2D eigenvalue weighted by atomic mass is 16.2. The van der Waals surface area contributed by atoms with Crippen LogP contribution >= 0.6 is 0 Å². The zero-order chi connectivity index (χ0) is 23.4. The predicted octanol–water partition coefficient (Wildman–Crippen LogP) is 4.04. The molecular formula is C26H32N4O3. The number of carbonyl (C=O) groups is 3. The van der Waals surface area contributed by atoms with Crippen molar-refractivity contribution in [3.63, 3.8) is 0 Å². The molecule has 0 bridgehead atoms. The lowest BCUT2D eigenvalue weighted by Gasteiger charge is -2.34. The largest absolute Gasteiger partial charge is 0.338 e. The number of anilines is 2. The summed E-state index contributed by atoms with van der Waals surface area (Å²) in [6.07, 6.45) is 3.70. The molecule has 2 fully saturated rings. The van der Waals surface area contributed by atoms with E-state index < -0.39 is 0 Å². The summed E-state index contributed by atoms with van der Waals surface area (Å²) in [7, 11) is 1.75. The average Bonchev–Trinajstić information content (AvgIpc) is 3.69. The van der Waals surface area contributed by atoms with Gasteiger partial charge in [0.1, 0.15) is 0 Å². The first-order chi connectivity index (χ1) is 15.9. The van der Waals surface area contributed by atoms with Gasteiger partial charge in [-0.3, -0.25) is 9.59 Å². The summed E-state index contributed by atoms with van der Waals surface area (Å²) in [4.78, 5) is 41.7. The summed E-state index contributed by atoms with van der Waals surface area (Å²) in [6, 6.07) is 14.7. The van der Waals surface area contributed by atoms with Crippen molar-refractivity contribution in [2.24, 2.45) is 11.8 Å². The van der Waals surface area contributed by atoms with Gasteiger partial charge in [-0.2, -0.15) is 0 Å². The molecule has 2 aliphatic rings. The Morgan fingerprint density at radius 1 is 1.03 bits per heavy atom. The van der Waals surface area contributed by atoms with Crippen molar-refractivity contribution in [2.45, 2.75) is 32.6 Å². The Hall–Kier alpha value is -3.35.